The highest BCUT2D eigenvalue weighted by atomic mass is 16.3. The number of fused-ring (bicyclic) bond motifs is 1. The van der Waals surface area contributed by atoms with Gasteiger partial charge in [0, 0.05) is 18.7 Å². The average Bonchev–Trinajstić information content (AvgIpc) is 3.41. The summed E-state index contributed by atoms with van der Waals surface area (Å²) in [5, 5.41) is 24.1. The van der Waals surface area contributed by atoms with Crippen molar-refractivity contribution in [1.29, 1.82) is 5.26 Å². The zero-order valence-electron chi connectivity index (χ0n) is 22.3. The Morgan fingerprint density at radius 1 is 1.13 bits per heavy atom. The van der Waals surface area contributed by atoms with Gasteiger partial charge in [-0.3, -0.25) is 4.40 Å². The summed E-state index contributed by atoms with van der Waals surface area (Å²) in [4.78, 5) is 16.1. The Morgan fingerprint density at radius 3 is 2.66 bits per heavy atom. The molecule has 0 radical (unpaired) electrons. The van der Waals surface area contributed by atoms with Crippen LogP contribution in [0.3, 0.4) is 0 Å². The van der Waals surface area contributed by atoms with E-state index in [1.54, 1.807) is 12.4 Å². The number of aryl methyl sites for hydroxylation is 1. The summed E-state index contributed by atoms with van der Waals surface area (Å²) in [5.74, 6) is 0.711. The van der Waals surface area contributed by atoms with Crippen LogP contribution in [-0.2, 0) is 6.42 Å². The van der Waals surface area contributed by atoms with Crippen LogP contribution in [0.2, 0.25) is 0 Å². The van der Waals surface area contributed by atoms with Crippen molar-refractivity contribution in [2.75, 3.05) is 25.0 Å². The highest BCUT2D eigenvalue weighted by molar-refractivity contribution is 5.68. The van der Waals surface area contributed by atoms with Crippen molar-refractivity contribution in [1.82, 2.24) is 24.3 Å². The molecule has 0 saturated carbocycles. The number of imidazole rings is 1. The van der Waals surface area contributed by atoms with Crippen LogP contribution in [0.4, 0.5) is 5.95 Å². The fourth-order valence-corrected chi connectivity index (χ4v) is 5.42. The molecule has 5 rings (SSSR count). The number of benzene rings is 1. The SMILES string of the molecule is CCc1cccn2c(-c3nc(N[C@@H](C)c4ccc(C(O)C5CCCN(CC)C5)cc4)ncc3C#N)cnc12. The van der Waals surface area contributed by atoms with E-state index in [1.165, 1.54) is 0 Å². The maximum atomic E-state index is 11.0. The predicted octanol–water partition coefficient (Wildman–Crippen LogP) is 5.16. The molecular weight excluding hydrogens is 474 g/mol. The Labute approximate surface area is 224 Å². The van der Waals surface area contributed by atoms with E-state index < -0.39 is 6.10 Å². The van der Waals surface area contributed by atoms with Crippen molar-refractivity contribution >= 4 is 11.6 Å². The maximum absolute atomic E-state index is 11.0. The summed E-state index contributed by atoms with van der Waals surface area (Å²) >= 11 is 0. The lowest BCUT2D eigenvalue weighted by molar-refractivity contribution is 0.0523. The van der Waals surface area contributed by atoms with Gasteiger partial charge in [0.2, 0.25) is 5.95 Å². The zero-order chi connectivity index (χ0) is 26.6. The van der Waals surface area contributed by atoms with Gasteiger partial charge in [-0.05, 0) is 62.0 Å². The van der Waals surface area contributed by atoms with Crippen molar-refractivity contribution in [2.24, 2.45) is 5.92 Å². The zero-order valence-corrected chi connectivity index (χ0v) is 22.3. The van der Waals surface area contributed by atoms with E-state index >= 15 is 0 Å². The lowest BCUT2D eigenvalue weighted by Crippen LogP contribution is -2.37. The molecule has 1 aliphatic heterocycles. The molecule has 0 amide bonds. The van der Waals surface area contributed by atoms with Gasteiger partial charge in [0.05, 0.1) is 35.8 Å². The lowest BCUT2D eigenvalue weighted by atomic mass is 9.88. The first-order chi connectivity index (χ1) is 18.5. The molecule has 3 aromatic heterocycles. The number of hydrogen-bond donors (Lipinski definition) is 2. The number of hydrogen-bond acceptors (Lipinski definition) is 7. The summed E-state index contributed by atoms with van der Waals surface area (Å²) in [6, 6.07) is 14.4. The highest BCUT2D eigenvalue weighted by Gasteiger charge is 2.26. The highest BCUT2D eigenvalue weighted by Crippen LogP contribution is 2.31. The van der Waals surface area contributed by atoms with Crippen LogP contribution in [0.25, 0.3) is 17.0 Å². The predicted molar refractivity (Wildman–Crippen MR) is 149 cm³/mol. The van der Waals surface area contributed by atoms with E-state index in [2.05, 4.69) is 65.2 Å². The number of rotatable bonds is 8. The topological polar surface area (TPSA) is 102 Å². The Bertz CT molecular complexity index is 1440. The molecule has 2 N–H and O–H groups in total. The Morgan fingerprint density at radius 2 is 1.92 bits per heavy atom. The smallest absolute Gasteiger partial charge is 0.223 e. The van der Waals surface area contributed by atoms with E-state index in [0.717, 1.165) is 66.9 Å². The van der Waals surface area contributed by atoms with Crippen LogP contribution in [-0.4, -0.2) is 49.0 Å². The number of pyridine rings is 1. The fourth-order valence-electron chi connectivity index (χ4n) is 5.42. The number of anilines is 1. The van der Waals surface area contributed by atoms with Crippen LogP contribution >= 0.6 is 0 Å². The van der Waals surface area contributed by atoms with Gasteiger partial charge in [-0.1, -0.05) is 44.2 Å². The van der Waals surface area contributed by atoms with Gasteiger partial charge in [0.1, 0.15) is 17.4 Å². The molecular formula is C30H35N7O. The molecule has 0 bridgehead atoms. The van der Waals surface area contributed by atoms with E-state index in [-0.39, 0.29) is 12.0 Å². The minimum absolute atomic E-state index is 0.0684. The quantitative estimate of drug-likeness (QED) is 0.338. The minimum atomic E-state index is -0.454. The van der Waals surface area contributed by atoms with Crippen molar-refractivity contribution in [3.63, 3.8) is 0 Å². The first-order valence-corrected chi connectivity index (χ1v) is 13.5. The molecule has 4 heterocycles. The van der Waals surface area contributed by atoms with Crippen molar-refractivity contribution in [3.8, 4) is 17.5 Å². The van der Waals surface area contributed by atoms with Crippen LogP contribution in [0.15, 0.2) is 55.0 Å². The number of aliphatic hydroxyl groups excluding tert-OH is 1. The second kappa shape index (κ2) is 11.3. The maximum Gasteiger partial charge on any atom is 0.223 e. The molecule has 8 heteroatoms. The molecule has 8 nitrogen and oxygen atoms in total. The number of aromatic nitrogens is 4. The van der Waals surface area contributed by atoms with Crippen LogP contribution in [0, 0.1) is 17.2 Å². The van der Waals surface area contributed by atoms with Crippen molar-refractivity contribution in [2.45, 2.75) is 52.2 Å². The number of likely N-dealkylation sites (tertiary alicyclic amines) is 1. The molecule has 1 fully saturated rings. The largest absolute Gasteiger partial charge is 0.388 e. The summed E-state index contributed by atoms with van der Waals surface area (Å²) in [5.41, 5.74) is 5.73. The number of nitrogens with zero attached hydrogens (tertiary/aromatic N) is 6. The molecule has 196 valence electrons. The summed E-state index contributed by atoms with van der Waals surface area (Å²) < 4.78 is 1.98. The van der Waals surface area contributed by atoms with Crippen molar-refractivity contribution < 1.29 is 5.11 Å². The number of nitriles is 1. The van der Waals surface area contributed by atoms with E-state index in [1.807, 2.05) is 28.8 Å². The van der Waals surface area contributed by atoms with Gasteiger partial charge in [-0.25, -0.2) is 15.0 Å². The first kappa shape index (κ1) is 25.8. The van der Waals surface area contributed by atoms with Gasteiger partial charge >= 0.3 is 0 Å². The van der Waals surface area contributed by atoms with Crippen molar-refractivity contribution in [3.05, 3.63) is 77.2 Å². The number of aliphatic hydroxyl groups is 1. The van der Waals surface area contributed by atoms with Crippen LogP contribution < -0.4 is 5.32 Å². The fraction of sp³-hybridized carbons (Fsp3) is 0.400. The molecule has 3 atom stereocenters. The molecule has 0 spiro atoms. The van der Waals surface area contributed by atoms with Gasteiger partial charge in [-0.2, -0.15) is 5.26 Å². The van der Waals surface area contributed by atoms with E-state index in [0.29, 0.717) is 17.2 Å². The normalized spacial score (nSPS) is 17.7. The summed E-state index contributed by atoms with van der Waals surface area (Å²) in [6.45, 7) is 9.43. The molecule has 0 aliphatic carbocycles. The third-order valence-corrected chi connectivity index (χ3v) is 7.71. The number of nitrogens with one attached hydrogen (secondary N) is 1. The first-order valence-electron chi connectivity index (χ1n) is 13.5. The molecule has 4 aromatic rings. The monoisotopic (exact) mass is 509 g/mol. The standard InChI is InChI=1S/C30H35N7O/c1-4-21-8-7-15-37-26(18-32-29(21)37)27-25(16-31)17-33-30(35-27)34-20(3)22-10-12-23(13-11-22)28(38)24-9-6-14-36(5-2)19-24/h7-8,10-13,15,17-18,20,24,28,38H,4-6,9,14,19H2,1-3H3,(H,33,34,35)/t20-,24?,28?/m0/s1. The average molecular weight is 510 g/mol. The molecule has 1 aromatic carbocycles. The lowest BCUT2D eigenvalue weighted by Gasteiger charge is -2.34. The number of piperidine rings is 1. The Kier molecular flexibility index (Phi) is 7.68. The third-order valence-electron chi connectivity index (χ3n) is 7.71. The second-order valence-electron chi connectivity index (χ2n) is 10.1. The Hall–Kier alpha value is -3.80. The third kappa shape index (κ3) is 5.13. The molecule has 2 unspecified atom stereocenters. The van der Waals surface area contributed by atoms with Gasteiger partial charge in [0.15, 0.2) is 0 Å². The molecule has 38 heavy (non-hydrogen) atoms. The minimum Gasteiger partial charge on any atom is -0.388 e. The summed E-state index contributed by atoms with van der Waals surface area (Å²) in [6.07, 6.45) is 7.87. The molecule has 1 aliphatic rings. The van der Waals surface area contributed by atoms with E-state index in [9.17, 15) is 10.4 Å². The van der Waals surface area contributed by atoms with Crippen LogP contribution in [0.5, 0.6) is 0 Å². The second-order valence-corrected chi connectivity index (χ2v) is 10.1. The Balaban J connectivity index is 1.34. The van der Waals surface area contributed by atoms with Crippen LogP contribution in [0.1, 0.15) is 68.0 Å². The molecule has 1 saturated heterocycles. The van der Waals surface area contributed by atoms with Gasteiger partial charge < -0.3 is 15.3 Å². The summed E-state index contributed by atoms with van der Waals surface area (Å²) in [7, 11) is 0. The van der Waals surface area contributed by atoms with E-state index in [4.69, 9.17) is 4.98 Å². The van der Waals surface area contributed by atoms with Gasteiger partial charge in [-0.15, -0.1) is 0 Å². The van der Waals surface area contributed by atoms with Gasteiger partial charge in [0.25, 0.3) is 0 Å².